The molecule has 0 fully saturated rings. The van der Waals surface area contributed by atoms with Gasteiger partial charge in [0.2, 0.25) is 0 Å². The third-order valence-corrected chi connectivity index (χ3v) is 3.70. The van der Waals surface area contributed by atoms with Gasteiger partial charge in [0.1, 0.15) is 12.5 Å². The van der Waals surface area contributed by atoms with Crippen LogP contribution in [-0.4, -0.2) is 17.7 Å². The molecule has 4 nitrogen and oxygen atoms in total. The number of carbonyl (C=O) groups excluding carboxylic acids is 1. The number of benzene rings is 2. The summed E-state index contributed by atoms with van der Waals surface area (Å²) in [5.74, 6) is -3.52. The first kappa shape index (κ1) is 19.6. The van der Waals surface area contributed by atoms with Crippen LogP contribution in [0.2, 0.25) is 0 Å². The van der Waals surface area contributed by atoms with Crippen molar-refractivity contribution >= 4 is 5.97 Å². The second-order valence-electron chi connectivity index (χ2n) is 5.48. The lowest BCUT2D eigenvalue weighted by Crippen LogP contribution is -2.28. The summed E-state index contributed by atoms with van der Waals surface area (Å²) in [6.07, 6.45) is -3.70. The average molecular weight is 362 g/mol. The van der Waals surface area contributed by atoms with Gasteiger partial charge in [-0.1, -0.05) is 60.7 Å². The summed E-state index contributed by atoms with van der Waals surface area (Å²) < 4.78 is 37.2. The molecule has 6 heteroatoms. The van der Waals surface area contributed by atoms with Crippen LogP contribution in [0.5, 0.6) is 0 Å². The van der Waals surface area contributed by atoms with Crippen LogP contribution in [0.1, 0.15) is 24.2 Å². The molecule has 0 aliphatic carbocycles. The first-order valence-electron chi connectivity index (χ1n) is 8.16. The zero-order valence-corrected chi connectivity index (χ0v) is 14.3. The minimum Gasteiger partial charge on any atom is -0.487 e. The number of ether oxygens (including phenoxy) is 2. The van der Waals surface area contributed by atoms with Crippen molar-refractivity contribution in [2.45, 2.75) is 19.6 Å². The molecule has 0 unspecified atom stereocenters. The molecule has 138 valence electrons. The van der Waals surface area contributed by atoms with E-state index >= 15 is 0 Å². The summed E-state index contributed by atoms with van der Waals surface area (Å²) in [5.41, 5.74) is 0.968. The summed E-state index contributed by atoms with van der Waals surface area (Å²) >= 11 is 0. The van der Waals surface area contributed by atoms with Crippen molar-refractivity contribution in [1.29, 1.82) is 0 Å². The van der Waals surface area contributed by atoms with Crippen LogP contribution in [0.3, 0.4) is 0 Å². The number of hydrogen-bond acceptors (Lipinski definition) is 4. The number of carbonyl (C=O) groups is 1. The third-order valence-electron chi connectivity index (χ3n) is 3.70. The van der Waals surface area contributed by atoms with Crippen molar-refractivity contribution in [2.75, 3.05) is 6.61 Å². The van der Waals surface area contributed by atoms with E-state index in [-0.39, 0.29) is 13.2 Å². The Bertz CT molecular complexity index is 728. The molecule has 0 aromatic heterocycles. The van der Waals surface area contributed by atoms with E-state index in [2.05, 4.69) is 0 Å². The van der Waals surface area contributed by atoms with E-state index in [1.54, 1.807) is 67.6 Å². The van der Waals surface area contributed by atoms with Crippen molar-refractivity contribution < 1.29 is 28.2 Å². The maximum absolute atomic E-state index is 13.6. The number of halogens is 2. The Balaban J connectivity index is 2.30. The van der Waals surface area contributed by atoms with Gasteiger partial charge in [0, 0.05) is 0 Å². The van der Waals surface area contributed by atoms with Crippen LogP contribution < -0.4 is 0 Å². The van der Waals surface area contributed by atoms with Gasteiger partial charge in [-0.15, -0.1) is 0 Å². The second-order valence-corrected chi connectivity index (χ2v) is 5.48. The topological polar surface area (TPSA) is 55.8 Å². The van der Waals surface area contributed by atoms with Gasteiger partial charge in [0.25, 0.3) is 0 Å². The van der Waals surface area contributed by atoms with Gasteiger partial charge in [-0.2, -0.15) is 8.78 Å². The number of aliphatic hydroxyl groups is 1. The van der Waals surface area contributed by atoms with Crippen LogP contribution in [0, 0.1) is 5.92 Å². The highest BCUT2D eigenvalue weighted by Gasteiger charge is 2.37. The molecule has 1 N–H and O–H groups in total. The fourth-order valence-corrected chi connectivity index (χ4v) is 2.45. The highest BCUT2D eigenvalue weighted by atomic mass is 19.3. The third kappa shape index (κ3) is 5.13. The molecule has 0 bridgehead atoms. The Hall–Kier alpha value is -2.73. The van der Waals surface area contributed by atoms with Crippen LogP contribution >= 0.6 is 0 Å². The molecule has 0 heterocycles. The van der Waals surface area contributed by atoms with Crippen molar-refractivity contribution in [2.24, 2.45) is 5.92 Å². The summed E-state index contributed by atoms with van der Waals surface area (Å²) in [6.45, 7) is 1.39. The van der Waals surface area contributed by atoms with Crippen LogP contribution in [-0.2, 0) is 20.9 Å². The Kier molecular flexibility index (Phi) is 7.29. The number of hydrogen-bond donors (Lipinski definition) is 1. The lowest BCUT2D eigenvalue weighted by Gasteiger charge is -2.23. The quantitative estimate of drug-likeness (QED) is 0.564. The van der Waals surface area contributed by atoms with Gasteiger partial charge in [-0.25, -0.2) is 0 Å². The first-order valence-corrected chi connectivity index (χ1v) is 8.16. The molecule has 2 aromatic rings. The molecule has 0 aliphatic heterocycles. The average Bonchev–Trinajstić information content (AvgIpc) is 2.66. The Labute approximate surface area is 150 Å². The van der Waals surface area contributed by atoms with E-state index in [0.717, 1.165) is 0 Å². The lowest BCUT2D eigenvalue weighted by atomic mass is 9.94. The molecule has 0 saturated carbocycles. The fraction of sp³-hybridized carbons (Fsp3) is 0.250. The molecule has 0 radical (unpaired) electrons. The number of esters is 1. The van der Waals surface area contributed by atoms with Crippen LogP contribution in [0.4, 0.5) is 8.78 Å². The smallest absolute Gasteiger partial charge is 0.319 e. The van der Waals surface area contributed by atoms with E-state index in [0.29, 0.717) is 11.1 Å². The van der Waals surface area contributed by atoms with E-state index in [1.165, 1.54) is 0 Å². The summed E-state index contributed by atoms with van der Waals surface area (Å²) in [5, 5.41) is 10.5. The van der Waals surface area contributed by atoms with E-state index in [9.17, 15) is 18.7 Å². The monoisotopic (exact) mass is 362 g/mol. The largest absolute Gasteiger partial charge is 0.487 e. The minimum atomic E-state index is -2.17. The summed E-state index contributed by atoms with van der Waals surface area (Å²) in [4.78, 5) is 12.3. The normalized spacial score (nSPS) is 12.8. The predicted molar refractivity (Wildman–Crippen MR) is 92.0 cm³/mol. The maximum Gasteiger partial charge on any atom is 0.319 e. The van der Waals surface area contributed by atoms with Crippen molar-refractivity contribution in [1.82, 2.24) is 0 Å². The van der Waals surface area contributed by atoms with Gasteiger partial charge < -0.3 is 14.6 Å². The molecule has 2 aromatic carbocycles. The Morgan fingerprint density at radius 3 is 2.12 bits per heavy atom. The molecular weight excluding hydrogens is 342 g/mol. The highest BCUT2D eigenvalue weighted by molar-refractivity contribution is 5.76. The maximum atomic E-state index is 13.6. The molecule has 2 rings (SSSR count). The van der Waals surface area contributed by atoms with E-state index in [1.807, 2.05) is 0 Å². The highest BCUT2D eigenvalue weighted by Crippen LogP contribution is 2.33. The van der Waals surface area contributed by atoms with Gasteiger partial charge in [0.05, 0.1) is 12.7 Å². The van der Waals surface area contributed by atoms with Gasteiger partial charge in [-0.3, -0.25) is 4.79 Å². The minimum absolute atomic E-state index is 0.00326. The molecule has 26 heavy (non-hydrogen) atoms. The zero-order valence-electron chi connectivity index (χ0n) is 14.3. The van der Waals surface area contributed by atoms with E-state index in [4.69, 9.17) is 9.47 Å². The standard InChI is InChI=1S/C20H20F2O4/c1-2-25-20(24)16(17(23)15-11-7-4-8-12-15)18(19(21)22)26-13-14-9-5-3-6-10-14/h3-12,16-17,23H,2,13H2,1H3/t16-,17+/m1/s1. The van der Waals surface area contributed by atoms with E-state index < -0.39 is 29.8 Å². The molecule has 0 amide bonds. The zero-order chi connectivity index (χ0) is 18.9. The molecule has 2 atom stereocenters. The molecule has 0 aliphatic rings. The second kappa shape index (κ2) is 9.68. The molecule has 0 saturated heterocycles. The van der Waals surface area contributed by atoms with Crippen molar-refractivity contribution in [3.8, 4) is 0 Å². The number of rotatable bonds is 8. The predicted octanol–water partition coefficient (Wildman–Crippen LogP) is 4.22. The van der Waals surface area contributed by atoms with Gasteiger partial charge in [0.15, 0.2) is 5.76 Å². The summed E-state index contributed by atoms with van der Waals surface area (Å²) in [7, 11) is 0. The van der Waals surface area contributed by atoms with Crippen LogP contribution in [0.25, 0.3) is 0 Å². The fourth-order valence-electron chi connectivity index (χ4n) is 2.45. The van der Waals surface area contributed by atoms with Crippen LogP contribution in [0.15, 0.2) is 72.5 Å². The van der Waals surface area contributed by atoms with Gasteiger partial charge in [-0.05, 0) is 18.1 Å². The van der Waals surface area contributed by atoms with Crippen molar-refractivity contribution in [3.63, 3.8) is 0 Å². The first-order chi connectivity index (χ1) is 12.5. The van der Waals surface area contributed by atoms with Crippen molar-refractivity contribution in [3.05, 3.63) is 83.6 Å². The Morgan fingerprint density at radius 2 is 1.58 bits per heavy atom. The molecular formula is C20H20F2O4. The SMILES string of the molecule is CCOC(=O)[C@@H](C(OCc1ccccc1)=C(F)F)[C@@H](O)c1ccccc1. The lowest BCUT2D eigenvalue weighted by molar-refractivity contribution is -0.152. The molecule has 0 spiro atoms. The number of aliphatic hydroxyl groups excluding tert-OH is 1. The summed E-state index contributed by atoms with van der Waals surface area (Å²) in [6, 6.07) is 16.8. The van der Waals surface area contributed by atoms with Gasteiger partial charge >= 0.3 is 12.0 Å². The Morgan fingerprint density at radius 1 is 1.00 bits per heavy atom.